The zero-order valence-electron chi connectivity index (χ0n) is 22.7. The third-order valence-electron chi connectivity index (χ3n) is 8.35. The molecular formula is C29H37N3O5S. The lowest BCUT2D eigenvalue weighted by atomic mass is 9.74. The van der Waals surface area contributed by atoms with Gasteiger partial charge in [0.05, 0.1) is 35.8 Å². The number of nitrogens with zero attached hydrogens (tertiary/aromatic N) is 3. The molecule has 3 amide bonds. The Bertz CT molecular complexity index is 1180. The predicted octanol–water partition coefficient (Wildman–Crippen LogP) is 2.86. The maximum atomic E-state index is 14.4. The van der Waals surface area contributed by atoms with Crippen LogP contribution in [0.15, 0.2) is 48.6 Å². The van der Waals surface area contributed by atoms with E-state index in [4.69, 9.17) is 4.74 Å². The van der Waals surface area contributed by atoms with Crippen LogP contribution in [0.5, 0.6) is 5.75 Å². The number of aliphatic hydroxyl groups excluding tert-OH is 1. The molecule has 1 aromatic carbocycles. The first kappa shape index (κ1) is 26.8. The first-order valence-corrected chi connectivity index (χ1v) is 14.2. The number of hydrogen-bond acceptors (Lipinski definition) is 6. The van der Waals surface area contributed by atoms with Gasteiger partial charge in [-0.25, -0.2) is 0 Å². The van der Waals surface area contributed by atoms with E-state index in [1.165, 1.54) is 0 Å². The van der Waals surface area contributed by atoms with Crippen molar-refractivity contribution in [1.82, 2.24) is 9.80 Å². The Hall–Kier alpha value is -2.78. The van der Waals surface area contributed by atoms with E-state index in [0.29, 0.717) is 19.7 Å². The lowest BCUT2D eigenvalue weighted by Crippen LogP contribution is -2.57. The Morgan fingerprint density at radius 2 is 1.68 bits per heavy atom. The maximum Gasteiger partial charge on any atom is 0.247 e. The molecule has 1 aromatic rings. The summed E-state index contributed by atoms with van der Waals surface area (Å²) >= 11 is 1.56. The van der Waals surface area contributed by atoms with Crippen LogP contribution in [0, 0.1) is 11.8 Å². The Morgan fingerprint density at radius 1 is 1.00 bits per heavy atom. The first-order valence-electron chi connectivity index (χ1n) is 13.4. The maximum absolute atomic E-state index is 14.4. The van der Waals surface area contributed by atoms with Crippen LogP contribution in [0.1, 0.15) is 34.6 Å². The lowest BCUT2D eigenvalue weighted by molar-refractivity contribution is -0.146. The van der Waals surface area contributed by atoms with Gasteiger partial charge < -0.3 is 24.5 Å². The molecule has 2 saturated heterocycles. The zero-order valence-corrected chi connectivity index (χ0v) is 23.5. The van der Waals surface area contributed by atoms with Gasteiger partial charge in [0.2, 0.25) is 17.7 Å². The van der Waals surface area contributed by atoms with Crippen molar-refractivity contribution in [3.8, 4) is 5.75 Å². The second kappa shape index (κ2) is 9.75. The first-order chi connectivity index (χ1) is 18.1. The van der Waals surface area contributed by atoms with Crippen molar-refractivity contribution in [3.05, 3.63) is 48.6 Å². The number of carbonyl (C=O) groups is 3. The Balaban J connectivity index is 1.61. The van der Waals surface area contributed by atoms with Crippen molar-refractivity contribution >= 4 is 35.2 Å². The Kier molecular flexibility index (Phi) is 6.88. The summed E-state index contributed by atoms with van der Waals surface area (Å²) in [4.78, 5) is 47.8. The van der Waals surface area contributed by atoms with Gasteiger partial charge in [-0.15, -0.1) is 11.8 Å². The van der Waals surface area contributed by atoms with Gasteiger partial charge in [0, 0.05) is 29.6 Å². The second-order valence-corrected chi connectivity index (χ2v) is 12.8. The number of thioether (sulfide) groups is 1. The van der Waals surface area contributed by atoms with Crippen LogP contribution in [0.4, 0.5) is 5.69 Å². The second-order valence-electron chi connectivity index (χ2n) is 11.0. The summed E-state index contributed by atoms with van der Waals surface area (Å²) in [5.41, 5.74) is 0.736. The highest BCUT2D eigenvalue weighted by atomic mass is 32.2. The van der Waals surface area contributed by atoms with E-state index in [1.54, 1.807) is 33.4 Å². The van der Waals surface area contributed by atoms with Crippen LogP contribution >= 0.6 is 11.8 Å². The summed E-state index contributed by atoms with van der Waals surface area (Å²) in [6.07, 6.45) is 8.04. The molecule has 9 heteroatoms. The molecule has 1 N–H and O–H groups in total. The summed E-state index contributed by atoms with van der Waals surface area (Å²) in [5.74, 6) is -1.18. The monoisotopic (exact) mass is 539 g/mol. The minimum absolute atomic E-state index is 0.0492. The molecule has 204 valence electrons. The van der Waals surface area contributed by atoms with E-state index < -0.39 is 33.4 Å². The average molecular weight is 540 g/mol. The number of rotatable bonds is 6. The molecule has 4 aliphatic rings. The molecule has 6 atom stereocenters. The summed E-state index contributed by atoms with van der Waals surface area (Å²) in [6, 6.07) is 6.03. The fraction of sp³-hybridized carbons (Fsp3) is 0.552. The SMILES string of the molecule is CCOc1ccc(N2CC=C[C@@]3(C)S[C@]45C=CCN(C(C)C)C(=O)C4N([C@H](C)CO)C(=O)[C@@H]5[C@H]3C2=O)cc1. The number of aliphatic hydroxyl groups is 1. The Morgan fingerprint density at radius 3 is 2.32 bits per heavy atom. The molecule has 0 radical (unpaired) electrons. The fourth-order valence-electron chi connectivity index (χ4n) is 6.63. The van der Waals surface area contributed by atoms with Gasteiger partial charge in [0.25, 0.3) is 0 Å². The van der Waals surface area contributed by atoms with Crippen molar-refractivity contribution in [2.45, 2.75) is 62.2 Å². The number of amides is 3. The predicted molar refractivity (Wildman–Crippen MR) is 148 cm³/mol. The van der Waals surface area contributed by atoms with Crippen molar-refractivity contribution in [2.24, 2.45) is 11.8 Å². The number of fused-ring (bicyclic) bond motifs is 2. The minimum Gasteiger partial charge on any atom is -0.494 e. The van der Waals surface area contributed by atoms with Crippen LogP contribution in [0.2, 0.25) is 0 Å². The average Bonchev–Trinajstić information content (AvgIpc) is 3.16. The van der Waals surface area contributed by atoms with E-state index in [-0.39, 0.29) is 30.4 Å². The fourth-order valence-corrected chi connectivity index (χ4v) is 8.77. The summed E-state index contributed by atoms with van der Waals surface area (Å²) < 4.78 is 3.98. The molecule has 8 nitrogen and oxygen atoms in total. The van der Waals surface area contributed by atoms with Gasteiger partial charge in [0.1, 0.15) is 11.8 Å². The number of ether oxygens (including phenoxy) is 1. The van der Waals surface area contributed by atoms with Gasteiger partial charge in [-0.2, -0.15) is 0 Å². The number of likely N-dealkylation sites (tertiary alicyclic amines) is 1. The highest BCUT2D eigenvalue weighted by Crippen LogP contribution is 2.66. The molecule has 1 unspecified atom stereocenters. The molecule has 0 bridgehead atoms. The van der Waals surface area contributed by atoms with Crippen LogP contribution in [0.25, 0.3) is 0 Å². The third-order valence-corrected chi connectivity index (χ3v) is 10.1. The summed E-state index contributed by atoms with van der Waals surface area (Å²) in [5, 5.41) is 10.1. The van der Waals surface area contributed by atoms with Crippen molar-refractivity contribution in [1.29, 1.82) is 0 Å². The van der Waals surface area contributed by atoms with Gasteiger partial charge in [-0.05, 0) is 58.9 Å². The Labute approximate surface area is 228 Å². The van der Waals surface area contributed by atoms with Crippen LogP contribution < -0.4 is 9.64 Å². The molecule has 5 rings (SSSR count). The molecule has 2 fully saturated rings. The molecule has 38 heavy (non-hydrogen) atoms. The zero-order chi connectivity index (χ0) is 27.4. The van der Waals surface area contributed by atoms with Gasteiger partial charge in [-0.3, -0.25) is 14.4 Å². The highest BCUT2D eigenvalue weighted by Gasteiger charge is 2.74. The summed E-state index contributed by atoms with van der Waals surface area (Å²) in [6.45, 7) is 10.8. The smallest absolute Gasteiger partial charge is 0.247 e. The van der Waals surface area contributed by atoms with E-state index in [2.05, 4.69) is 6.08 Å². The van der Waals surface area contributed by atoms with Gasteiger partial charge in [-0.1, -0.05) is 24.3 Å². The molecule has 4 heterocycles. The molecular weight excluding hydrogens is 502 g/mol. The van der Waals surface area contributed by atoms with E-state index in [9.17, 15) is 19.5 Å². The van der Waals surface area contributed by atoms with Crippen LogP contribution in [-0.4, -0.2) is 86.6 Å². The van der Waals surface area contributed by atoms with Crippen molar-refractivity contribution in [2.75, 3.05) is 31.2 Å². The number of hydrogen-bond donors (Lipinski definition) is 1. The normalized spacial score (nSPS) is 33.3. The van der Waals surface area contributed by atoms with E-state index in [0.717, 1.165) is 11.4 Å². The van der Waals surface area contributed by atoms with Crippen LogP contribution in [0.3, 0.4) is 0 Å². The summed E-state index contributed by atoms with van der Waals surface area (Å²) in [7, 11) is 0. The number of carbonyl (C=O) groups excluding carboxylic acids is 3. The molecule has 4 aliphatic heterocycles. The van der Waals surface area contributed by atoms with Crippen molar-refractivity contribution < 1.29 is 24.2 Å². The molecule has 0 aliphatic carbocycles. The molecule has 0 saturated carbocycles. The van der Waals surface area contributed by atoms with Gasteiger partial charge >= 0.3 is 0 Å². The number of anilines is 1. The van der Waals surface area contributed by atoms with E-state index >= 15 is 0 Å². The molecule has 0 aromatic heterocycles. The topological polar surface area (TPSA) is 90.4 Å². The van der Waals surface area contributed by atoms with Gasteiger partial charge in [0.15, 0.2) is 0 Å². The largest absolute Gasteiger partial charge is 0.494 e. The molecule has 1 spiro atoms. The lowest BCUT2D eigenvalue weighted by Gasteiger charge is -2.39. The number of benzene rings is 1. The quantitative estimate of drug-likeness (QED) is 0.560. The third kappa shape index (κ3) is 3.88. The van der Waals surface area contributed by atoms with Crippen LogP contribution in [-0.2, 0) is 14.4 Å². The minimum atomic E-state index is -0.914. The van der Waals surface area contributed by atoms with Crippen molar-refractivity contribution in [3.63, 3.8) is 0 Å². The highest BCUT2D eigenvalue weighted by molar-refractivity contribution is 8.02. The standard InChI is InChI=1S/C29H37N3O5S/c1-6-37-21-11-9-20(10-12-21)31-16-7-13-28(5)22(25(31)34)23-26(35)32(19(4)17-33)24-27(36)30(18(2)3)15-8-14-29(23,24)38-28/h7-14,18-19,22-24,33H,6,15-17H2,1-5H3/t19-,22+,23+,24?,28-,29+/m1/s1. The van der Waals surface area contributed by atoms with E-state index in [1.807, 2.05) is 70.2 Å².